The molecule has 0 unspecified atom stereocenters. The van der Waals surface area contributed by atoms with E-state index in [1.54, 1.807) is 6.20 Å². The zero-order valence-electron chi connectivity index (χ0n) is 11.3. The molecule has 0 saturated carbocycles. The minimum Gasteiger partial charge on any atom is -0.369 e. The maximum absolute atomic E-state index is 12.5. The van der Waals surface area contributed by atoms with E-state index in [0.717, 1.165) is 36.4 Å². The number of halogens is 4. The maximum atomic E-state index is 12.5. The molecule has 0 amide bonds. The Kier molecular flexibility index (Phi) is 4.72. The van der Waals surface area contributed by atoms with Crippen LogP contribution in [0.2, 0.25) is 5.02 Å². The fourth-order valence-corrected chi connectivity index (χ4v) is 2.07. The van der Waals surface area contributed by atoms with Gasteiger partial charge in [0, 0.05) is 18.4 Å². The highest BCUT2D eigenvalue weighted by Crippen LogP contribution is 2.32. The molecule has 2 heterocycles. The standard InChI is InChI=1S/C13H14ClF3N4/c1-8-9(6-20-21-8)3-2-4-18-12-11(14)5-10(7-19-12)13(15,16)17/h5-7H,2-4H2,1H3,(H,18,19)(H,20,21). The molecule has 0 aliphatic heterocycles. The Morgan fingerprint density at radius 1 is 1.33 bits per heavy atom. The number of rotatable bonds is 5. The van der Waals surface area contributed by atoms with Crippen molar-refractivity contribution in [1.29, 1.82) is 0 Å². The van der Waals surface area contributed by atoms with Gasteiger partial charge in [-0.3, -0.25) is 5.10 Å². The Labute approximate surface area is 124 Å². The summed E-state index contributed by atoms with van der Waals surface area (Å²) in [5.41, 5.74) is 1.27. The number of nitrogens with zero attached hydrogens (tertiary/aromatic N) is 2. The summed E-state index contributed by atoms with van der Waals surface area (Å²) in [6, 6.07) is 0.872. The Morgan fingerprint density at radius 3 is 2.67 bits per heavy atom. The lowest BCUT2D eigenvalue weighted by atomic mass is 10.1. The lowest BCUT2D eigenvalue weighted by Crippen LogP contribution is -2.09. The molecule has 2 rings (SSSR count). The summed E-state index contributed by atoms with van der Waals surface area (Å²) < 4.78 is 37.4. The monoisotopic (exact) mass is 318 g/mol. The van der Waals surface area contributed by atoms with Gasteiger partial charge in [-0.1, -0.05) is 11.6 Å². The average molecular weight is 319 g/mol. The van der Waals surface area contributed by atoms with E-state index in [9.17, 15) is 13.2 Å². The summed E-state index contributed by atoms with van der Waals surface area (Å²) in [4.78, 5) is 3.72. The van der Waals surface area contributed by atoms with Crippen molar-refractivity contribution in [2.45, 2.75) is 25.9 Å². The van der Waals surface area contributed by atoms with E-state index >= 15 is 0 Å². The lowest BCUT2D eigenvalue weighted by Gasteiger charge is -2.10. The van der Waals surface area contributed by atoms with Crippen molar-refractivity contribution in [3.8, 4) is 0 Å². The van der Waals surface area contributed by atoms with Crippen LogP contribution >= 0.6 is 11.6 Å². The Bertz CT molecular complexity index is 610. The molecule has 0 aliphatic rings. The predicted molar refractivity (Wildman–Crippen MR) is 74.4 cm³/mol. The normalized spacial score (nSPS) is 11.7. The van der Waals surface area contributed by atoms with Gasteiger partial charge in [0.2, 0.25) is 0 Å². The number of pyridine rings is 1. The van der Waals surface area contributed by atoms with Crippen LogP contribution in [0.5, 0.6) is 0 Å². The summed E-state index contributed by atoms with van der Waals surface area (Å²) in [6.07, 6.45) is -0.298. The van der Waals surface area contributed by atoms with Crippen LogP contribution in [0.1, 0.15) is 23.2 Å². The van der Waals surface area contributed by atoms with Crippen molar-refractivity contribution >= 4 is 17.4 Å². The quantitative estimate of drug-likeness (QED) is 0.824. The molecule has 2 N–H and O–H groups in total. The van der Waals surface area contributed by atoms with Gasteiger partial charge < -0.3 is 5.32 Å². The molecular weight excluding hydrogens is 305 g/mol. The molecule has 21 heavy (non-hydrogen) atoms. The number of nitrogens with one attached hydrogen (secondary N) is 2. The van der Waals surface area contributed by atoms with Crippen LogP contribution < -0.4 is 5.32 Å². The van der Waals surface area contributed by atoms with E-state index in [0.29, 0.717) is 6.54 Å². The van der Waals surface area contributed by atoms with Crippen molar-refractivity contribution in [2.75, 3.05) is 11.9 Å². The number of aryl methyl sites for hydroxylation is 2. The van der Waals surface area contributed by atoms with Crippen molar-refractivity contribution in [3.63, 3.8) is 0 Å². The zero-order valence-corrected chi connectivity index (χ0v) is 12.0. The molecule has 0 saturated heterocycles. The highest BCUT2D eigenvalue weighted by Gasteiger charge is 2.31. The van der Waals surface area contributed by atoms with Crippen LogP contribution in [0.25, 0.3) is 0 Å². The Hall–Kier alpha value is -1.76. The number of aromatic amines is 1. The van der Waals surface area contributed by atoms with Crippen LogP contribution in [0.15, 0.2) is 18.5 Å². The first-order valence-electron chi connectivity index (χ1n) is 6.33. The van der Waals surface area contributed by atoms with E-state index in [1.807, 2.05) is 6.92 Å². The van der Waals surface area contributed by atoms with Crippen LogP contribution in [-0.4, -0.2) is 21.7 Å². The maximum Gasteiger partial charge on any atom is 0.417 e. The van der Waals surface area contributed by atoms with Gasteiger partial charge in [0.1, 0.15) is 5.82 Å². The molecule has 4 nitrogen and oxygen atoms in total. The lowest BCUT2D eigenvalue weighted by molar-refractivity contribution is -0.137. The van der Waals surface area contributed by atoms with E-state index < -0.39 is 11.7 Å². The fraction of sp³-hybridized carbons (Fsp3) is 0.385. The topological polar surface area (TPSA) is 53.6 Å². The largest absolute Gasteiger partial charge is 0.417 e. The second-order valence-corrected chi connectivity index (χ2v) is 5.01. The SMILES string of the molecule is Cc1[nH]ncc1CCCNc1ncc(C(F)(F)F)cc1Cl. The fourth-order valence-electron chi connectivity index (χ4n) is 1.84. The third kappa shape index (κ3) is 4.10. The van der Waals surface area contributed by atoms with Crippen LogP contribution in [0, 0.1) is 6.92 Å². The van der Waals surface area contributed by atoms with Crippen molar-refractivity contribution in [2.24, 2.45) is 0 Å². The van der Waals surface area contributed by atoms with Gasteiger partial charge >= 0.3 is 6.18 Å². The zero-order chi connectivity index (χ0) is 15.5. The smallest absolute Gasteiger partial charge is 0.369 e. The van der Waals surface area contributed by atoms with E-state index in [1.165, 1.54) is 0 Å². The minimum atomic E-state index is -4.44. The molecule has 0 aromatic carbocycles. The third-order valence-electron chi connectivity index (χ3n) is 3.02. The molecule has 0 spiro atoms. The molecule has 0 atom stereocenters. The van der Waals surface area contributed by atoms with Crippen LogP contribution in [0.3, 0.4) is 0 Å². The highest BCUT2D eigenvalue weighted by molar-refractivity contribution is 6.32. The second-order valence-electron chi connectivity index (χ2n) is 4.60. The summed E-state index contributed by atoms with van der Waals surface area (Å²) in [7, 11) is 0. The molecule has 2 aromatic heterocycles. The number of anilines is 1. The first-order chi connectivity index (χ1) is 9.88. The molecule has 0 aliphatic carbocycles. The first-order valence-corrected chi connectivity index (χ1v) is 6.71. The summed E-state index contributed by atoms with van der Waals surface area (Å²) in [5, 5.41) is 9.66. The number of aromatic nitrogens is 3. The Morgan fingerprint density at radius 2 is 2.10 bits per heavy atom. The second kappa shape index (κ2) is 6.34. The first kappa shape index (κ1) is 15.6. The highest BCUT2D eigenvalue weighted by atomic mass is 35.5. The minimum absolute atomic E-state index is 0.0377. The Balaban J connectivity index is 1.88. The van der Waals surface area contributed by atoms with E-state index in [-0.39, 0.29) is 10.8 Å². The van der Waals surface area contributed by atoms with E-state index in [4.69, 9.17) is 11.6 Å². The van der Waals surface area contributed by atoms with E-state index in [2.05, 4.69) is 20.5 Å². The van der Waals surface area contributed by atoms with Gasteiger partial charge in [-0.2, -0.15) is 18.3 Å². The molecule has 0 radical (unpaired) electrons. The number of hydrogen-bond donors (Lipinski definition) is 2. The summed E-state index contributed by atoms with van der Waals surface area (Å²) >= 11 is 5.80. The van der Waals surface area contributed by atoms with Crippen LogP contribution in [0.4, 0.5) is 19.0 Å². The van der Waals surface area contributed by atoms with Crippen molar-refractivity contribution in [1.82, 2.24) is 15.2 Å². The summed E-state index contributed by atoms with van der Waals surface area (Å²) in [6.45, 7) is 2.49. The van der Waals surface area contributed by atoms with Gasteiger partial charge in [-0.05, 0) is 31.4 Å². The third-order valence-corrected chi connectivity index (χ3v) is 3.31. The number of alkyl halides is 3. The molecule has 114 valence electrons. The van der Waals surface area contributed by atoms with Crippen molar-refractivity contribution < 1.29 is 13.2 Å². The molecule has 0 fully saturated rings. The van der Waals surface area contributed by atoms with Gasteiger partial charge in [0.25, 0.3) is 0 Å². The molecule has 2 aromatic rings. The van der Waals surface area contributed by atoms with Crippen molar-refractivity contribution in [3.05, 3.63) is 40.3 Å². The molecule has 0 bridgehead atoms. The van der Waals surface area contributed by atoms with Crippen LogP contribution in [-0.2, 0) is 12.6 Å². The number of H-pyrrole nitrogens is 1. The van der Waals surface area contributed by atoms with Gasteiger partial charge in [0.05, 0.1) is 16.8 Å². The molecular formula is C13H14ClF3N4. The van der Waals surface area contributed by atoms with Gasteiger partial charge in [0.15, 0.2) is 0 Å². The molecule has 8 heteroatoms. The number of hydrogen-bond acceptors (Lipinski definition) is 3. The van der Waals surface area contributed by atoms with Gasteiger partial charge in [-0.15, -0.1) is 0 Å². The van der Waals surface area contributed by atoms with Gasteiger partial charge in [-0.25, -0.2) is 4.98 Å². The average Bonchev–Trinajstić information content (AvgIpc) is 2.80. The summed E-state index contributed by atoms with van der Waals surface area (Å²) in [5.74, 6) is 0.258. The predicted octanol–water partition coefficient (Wildman–Crippen LogP) is 3.83.